The van der Waals surface area contributed by atoms with Crippen molar-refractivity contribution in [1.82, 2.24) is 10.6 Å². The lowest BCUT2D eigenvalue weighted by Gasteiger charge is -2.12. The van der Waals surface area contributed by atoms with Crippen LogP contribution in [-0.4, -0.2) is 51.0 Å². The molecule has 1 rings (SSSR count). The Morgan fingerprint density at radius 1 is 1.50 bits per heavy atom. The van der Waals surface area contributed by atoms with Crippen LogP contribution in [0.25, 0.3) is 0 Å². The number of carbonyl (C=O) groups excluding carboxylic acids is 1. The molecule has 0 unspecified atom stereocenters. The smallest absolute Gasteiger partial charge is 0.233 e. The van der Waals surface area contributed by atoms with Crippen molar-refractivity contribution in [2.75, 3.05) is 40.0 Å². The fourth-order valence-corrected chi connectivity index (χ4v) is 1.52. The van der Waals surface area contributed by atoms with Gasteiger partial charge in [0.2, 0.25) is 5.91 Å². The van der Waals surface area contributed by atoms with Gasteiger partial charge in [0, 0.05) is 38.8 Å². The summed E-state index contributed by atoms with van der Waals surface area (Å²) < 4.78 is 4.88. The third-order valence-corrected chi connectivity index (χ3v) is 2.93. The molecule has 1 aliphatic rings. The van der Waals surface area contributed by atoms with Gasteiger partial charge in [0.1, 0.15) is 0 Å². The van der Waals surface area contributed by atoms with E-state index >= 15 is 0 Å². The van der Waals surface area contributed by atoms with Crippen LogP contribution in [0, 0.1) is 5.41 Å². The van der Waals surface area contributed by atoms with Crippen molar-refractivity contribution in [2.45, 2.75) is 19.3 Å². The largest absolute Gasteiger partial charge is 0.396 e. The summed E-state index contributed by atoms with van der Waals surface area (Å²) in [6.45, 7) is 2.60. The maximum Gasteiger partial charge on any atom is 0.233 e. The van der Waals surface area contributed by atoms with Gasteiger partial charge in [0.25, 0.3) is 0 Å². The van der Waals surface area contributed by atoms with E-state index < -0.39 is 0 Å². The third-order valence-electron chi connectivity index (χ3n) is 2.93. The average molecular weight is 230 g/mol. The Morgan fingerprint density at radius 3 is 2.81 bits per heavy atom. The van der Waals surface area contributed by atoms with Gasteiger partial charge in [-0.25, -0.2) is 0 Å². The van der Waals surface area contributed by atoms with Crippen LogP contribution in [-0.2, 0) is 9.53 Å². The zero-order valence-electron chi connectivity index (χ0n) is 9.92. The molecule has 0 radical (unpaired) electrons. The number of nitrogens with one attached hydrogen (secondary N) is 2. The summed E-state index contributed by atoms with van der Waals surface area (Å²) in [5.74, 6) is 0.00448. The standard InChI is InChI=1S/C11H22N2O3/c1-16-6-2-5-13-10(15)7-12-8-11(9-14)3-4-11/h12,14H,2-9H2,1H3,(H,13,15). The van der Waals surface area contributed by atoms with Crippen molar-refractivity contribution in [2.24, 2.45) is 5.41 Å². The van der Waals surface area contributed by atoms with Crippen LogP contribution in [0.5, 0.6) is 0 Å². The van der Waals surface area contributed by atoms with E-state index in [0.717, 1.165) is 25.8 Å². The summed E-state index contributed by atoms with van der Waals surface area (Å²) in [5, 5.41) is 14.9. The number of hydrogen-bond acceptors (Lipinski definition) is 4. The third kappa shape index (κ3) is 4.92. The van der Waals surface area contributed by atoms with Gasteiger partial charge in [0.05, 0.1) is 6.54 Å². The molecule has 1 aliphatic carbocycles. The molecule has 5 nitrogen and oxygen atoms in total. The Morgan fingerprint density at radius 2 is 2.25 bits per heavy atom. The van der Waals surface area contributed by atoms with E-state index in [9.17, 15) is 4.79 Å². The second-order valence-electron chi connectivity index (χ2n) is 4.46. The molecule has 0 atom stereocenters. The van der Waals surface area contributed by atoms with Crippen LogP contribution in [0.4, 0.5) is 0 Å². The molecule has 0 aromatic carbocycles. The first kappa shape index (κ1) is 13.4. The van der Waals surface area contributed by atoms with E-state index in [0.29, 0.717) is 19.7 Å². The van der Waals surface area contributed by atoms with Crippen LogP contribution in [0.15, 0.2) is 0 Å². The molecular weight excluding hydrogens is 208 g/mol. The number of rotatable bonds is 9. The minimum Gasteiger partial charge on any atom is -0.396 e. The van der Waals surface area contributed by atoms with E-state index in [1.165, 1.54) is 0 Å². The molecular formula is C11H22N2O3. The molecule has 16 heavy (non-hydrogen) atoms. The number of methoxy groups -OCH3 is 1. The second-order valence-corrected chi connectivity index (χ2v) is 4.46. The highest BCUT2D eigenvalue weighted by Gasteiger charge is 2.41. The topological polar surface area (TPSA) is 70.6 Å². The number of amides is 1. The van der Waals surface area contributed by atoms with E-state index in [-0.39, 0.29) is 17.9 Å². The van der Waals surface area contributed by atoms with Crippen molar-refractivity contribution < 1.29 is 14.6 Å². The predicted molar refractivity (Wildman–Crippen MR) is 61.1 cm³/mol. The monoisotopic (exact) mass is 230 g/mol. The lowest BCUT2D eigenvalue weighted by atomic mass is 10.1. The summed E-state index contributed by atoms with van der Waals surface area (Å²) >= 11 is 0. The van der Waals surface area contributed by atoms with Gasteiger partial charge >= 0.3 is 0 Å². The number of hydrogen-bond donors (Lipinski definition) is 3. The van der Waals surface area contributed by atoms with Crippen molar-refractivity contribution in [3.8, 4) is 0 Å². The fraction of sp³-hybridized carbons (Fsp3) is 0.909. The number of carbonyl (C=O) groups is 1. The van der Waals surface area contributed by atoms with Gasteiger partial charge in [-0.3, -0.25) is 4.79 Å². The zero-order valence-corrected chi connectivity index (χ0v) is 9.92. The molecule has 0 saturated heterocycles. The van der Waals surface area contributed by atoms with E-state index in [4.69, 9.17) is 9.84 Å². The molecule has 0 aromatic rings. The quantitative estimate of drug-likeness (QED) is 0.467. The van der Waals surface area contributed by atoms with Gasteiger partial charge in [-0.1, -0.05) is 0 Å². The SMILES string of the molecule is COCCCNC(=O)CNCC1(CO)CC1. The Hall–Kier alpha value is -0.650. The number of aliphatic hydroxyl groups is 1. The fourth-order valence-electron chi connectivity index (χ4n) is 1.52. The summed E-state index contributed by atoms with van der Waals surface area (Å²) in [5.41, 5.74) is 0.0658. The van der Waals surface area contributed by atoms with Gasteiger partial charge in [-0.05, 0) is 19.3 Å². The number of aliphatic hydroxyl groups excluding tert-OH is 1. The van der Waals surface area contributed by atoms with Crippen LogP contribution < -0.4 is 10.6 Å². The molecule has 1 saturated carbocycles. The van der Waals surface area contributed by atoms with Gasteiger partial charge in [-0.2, -0.15) is 0 Å². The summed E-state index contributed by atoms with van der Waals surface area (Å²) in [6, 6.07) is 0. The first-order valence-electron chi connectivity index (χ1n) is 5.80. The van der Waals surface area contributed by atoms with Crippen molar-refractivity contribution >= 4 is 5.91 Å². The molecule has 0 spiro atoms. The highest BCUT2D eigenvalue weighted by atomic mass is 16.5. The Kier molecular flexibility index (Phi) is 5.73. The molecule has 5 heteroatoms. The Labute approximate surface area is 96.6 Å². The molecule has 0 heterocycles. The molecule has 0 aromatic heterocycles. The van der Waals surface area contributed by atoms with Crippen molar-refractivity contribution in [3.63, 3.8) is 0 Å². The molecule has 1 amide bonds. The predicted octanol–water partition coefficient (Wildman–Crippen LogP) is -0.499. The van der Waals surface area contributed by atoms with Crippen molar-refractivity contribution in [1.29, 1.82) is 0 Å². The highest BCUT2D eigenvalue weighted by molar-refractivity contribution is 5.77. The van der Waals surface area contributed by atoms with Gasteiger partial charge in [-0.15, -0.1) is 0 Å². The average Bonchev–Trinajstić information content (AvgIpc) is 3.05. The molecule has 1 fully saturated rings. The van der Waals surface area contributed by atoms with Crippen LogP contribution >= 0.6 is 0 Å². The first-order valence-corrected chi connectivity index (χ1v) is 5.80. The maximum atomic E-state index is 11.3. The summed E-state index contributed by atoms with van der Waals surface area (Å²) in [6.07, 6.45) is 2.96. The zero-order chi connectivity index (χ0) is 11.9. The van der Waals surface area contributed by atoms with Crippen LogP contribution in [0.3, 0.4) is 0 Å². The van der Waals surface area contributed by atoms with E-state index in [2.05, 4.69) is 10.6 Å². The minimum atomic E-state index is 0.00448. The van der Waals surface area contributed by atoms with Crippen molar-refractivity contribution in [3.05, 3.63) is 0 Å². The molecule has 0 aliphatic heterocycles. The summed E-state index contributed by atoms with van der Waals surface area (Å²) in [4.78, 5) is 11.3. The van der Waals surface area contributed by atoms with Crippen LogP contribution in [0.1, 0.15) is 19.3 Å². The minimum absolute atomic E-state index is 0.00448. The van der Waals surface area contributed by atoms with E-state index in [1.807, 2.05) is 0 Å². The van der Waals surface area contributed by atoms with Gasteiger partial charge < -0.3 is 20.5 Å². The van der Waals surface area contributed by atoms with Crippen LogP contribution in [0.2, 0.25) is 0 Å². The normalized spacial score (nSPS) is 17.1. The Bertz CT molecular complexity index is 217. The first-order chi connectivity index (χ1) is 7.72. The number of ether oxygens (including phenoxy) is 1. The lowest BCUT2D eigenvalue weighted by molar-refractivity contribution is -0.120. The summed E-state index contributed by atoms with van der Waals surface area (Å²) in [7, 11) is 1.65. The molecule has 0 bridgehead atoms. The maximum absolute atomic E-state index is 11.3. The lowest BCUT2D eigenvalue weighted by Crippen LogP contribution is -2.37. The Balaban J connectivity index is 1.94. The molecule has 3 N–H and O–H groups in total. The highest BCUT2D eigenvalue weighted by Crippen LogP contribution is 2.44. The van der Waals surface area contributed by atoms with E-state index in [1.54, 1.807) is 7.11 Å². The van der Waals surface area contributed by atoms with Gasteiger partial charge in [0.15, 0.2) is 0 Å². The second kappa shape index (κ2) is 6.83. The molecule has 94 valence electrons.